The van der Waals surface area contributed by atoms with Gasteiger partial charge in [0.15, 0.2) is 5.16 Å². The van der Waals surface area contributed by atoms with Crippen LogP contribution < -0.4 is 5.32 Å². The van der Waals surface area contributed by atoms with Crippen molar-refractivity contribution in [1.82, 2.24) is 15.3 Å². The summed E-state index contributed by atoms with van der Waals surface area (Å²) in [5.41, 5.74) is 3.13. The zero-order valence-electron chi connectivity index (χ0n) is 11.0. The van der Waals surface area contributed by atoms with E-state index in [0.29, 0.717) is 0 Å². The lowest BCUT2D eigenvalue weighted by Crippen LogP contribution is -2.06. The number of H-pyrrole nitrogens is 1. The summed E-state index contributed by atoms with van der Waals surface area (Å²) < 4.78 is 0. The first-order valence-corrected chi connectivity index (χ1v) is 7.52. The molecule has 0 bridgehead atoms. The fourth-order valence-corrected chi connectivity index (χ4v) is 3.33. The van der Waals surface area contributed by atoms with Gasteiger partial charge in [0.1, 0.15) is 0 Å². The zero-order chi connectivity index (χ0) is 13.9. The highest BCUT2D eigenvalue weighted by Gasteiger charge is 2.10. The van der Waals surface area contributed by atoms with E-state index < -0.39 is 0 Å². The molecular formula is C15H14ClN3S. The summed E-state index contributed by atoms with van der Waals surface area (Å²) in [5, 5.41) is 4.81. The Morgan fingerprint density at radius 3 is 2.85 bits per heavy atom. The van der Waals surface area contributed by atoms with Crippen molar-refractivity contribution in [2.24, 2.45) is 0 Å². The number of imidazole rings is 1. The van der Waals surface area contributed by atoms with Crippen LogP contribution in [0, 0.1) is 0 Å². The van der Waals surface area contributed by atoms with Gasteiger partial charge in [-0.2, -0.15) is 0 Å². The van der Waals surface area contributed by atoms with Crippen molar-refractivity contribution in [1.29, 1.82) is 0 Å². The number of hydrogen-bond donors (Lipinski definition) is 2. The van der Waals surface area contributed by atoms with E-state index in [2.05, 4.69) is 21.4 Å². The van der Waals surface area contributed by atoms with Crippen LogP contribution >= 0.6 is 23.4 Å². The molecule has 0 saturated carbocycles. The molecule has 0 saturated heterocycles. The number of hydrogen-bond acceptors (Lipinski definition) is 3. The van der Waals surface area contributed by atoms with Gasteiger partial charge in [0.25, 0.3) is 0 Å². The number of benzene rings is 2. The Hall–Kier alpha value is -1.49. The average Bonchev–Trinajstić information content (AvgIpc) is 2.85. The topological polar surface area (TPSA) is 40.7 Å². The molecule has 0 unspecified atom stereocenters. The van der Waals surface area contributed by atoms with Crippen LogP contribution in [0.2, 0.25) is 5.02 Å². The van der Waals surface area contributed by atoms with Gasteiger partial charge >= 0.3 is 0 Å². The van der Waals surface area contributed by atoms with Crippen molar-refractivity contribution in [3.8, 4) is 0 Å². The Morgan fingerprint density at radius 2 is 2.05 bits per heavy atom. The fourth-order valence-electron chi connectivity index (χ4n) is 2.06. The number of nitrogens with one attached hydrogen (secondary N) is 2. The minimum absolute atomic E-state index is 0.738. The largest absolute Gasteiger partial charge is 0.333 e. The fraction of sp³-hybridized carbons (Fsp3) is 0.133. The highest BCUT2D eigenvalue weighted by atomic mass is 35.5. The van der Waals surface area contributed by atoms with Crippen molar-refractivity contribution < 1.29 is 0 Å². The first-order valence-electron chi connectivity index (χ1n) is 6.32. The van der Waals surface area contributed by atoms with E-state index in [1.165, 1.54) is 0 Å². The molecule has 0 atom stereocenters. The van der Waals surface area contributed by atoms with Crippen molar-refractivity contribution in [3.63, 3.8) is 0 Å². The molecule has 0 aliphatic carbocycles. The van der Waals surface area contributed by atoms with Crippen molar-refractivity contribution in [2.45, 2.75) is 16.6 Å². The molecule has 1 aromatic heterocycles. The highest BCUT2D eigenvalue weighted by molar-refractivity contribution is 7.99. The summed E-state index contributed by atoms with van der Waals surface area (Å²) >= 11 is 7.87. The Bertz CT molecular complexity index is 706. The molecule has 2 aromatic carbocycles. The molecule has 0 spiro atoms. The predicted octanol–water partition coefficient (Wildman–Crippen LogP) is 4.09. The number of aromatic amines is 1. The van der Waals surface area contributed by atoms with Crippen LogP contribution in [0.5, 0.6) is 0 Å². The summed E-state index contributed by atoms with van der Waals surface area (Å²) in [6.45, 7) is 0.738. The maximum absolute atomic E-state index is 6.27. The summed E-state index contributed by atoms with van der Waals surface area (Å²) in [6, 6.07) is 14.0. The predicted molar refractivity (Wildman–Crippen MR) is 84.4 cm³/mol. The highest BCUT2D eigenvalue weighted by Crippen LogP contribution is 2.33. The number of para-hydroxylation sites is 2. The van der Waals surface area contributed by atoms with Crippen LogP contribution in [0.25, 0.3) is 11.0 Å². The standard InChI is InChI=1S/C15H14ClN3S/c1-17-9-10-11(16)5-4-8-14(10)20-15-18-12-6-2-3-7-13(12)19-15/h2-8,17H,9H2,1H3,(H,18,19). The zero-order valence-corrected chi connectivity index (χ0v) is 12.6. The Balaban J connectivity index is 1.96. The molecule has 0 aliphatic heterocycles. The number of aromatic nitrogens is 2. The van der Waals surface area contributed by atoms with Gasteiger partial charge in [-0.15, -0.1) is 0 Å². The van der Waals surface area contributed by atoms with Gasteiger partial charge in [-0.05, 0) is 36.9 Å². The second kappa shape index (κ2) is 5.87. The van der Waals surface area contributed by atoms with Crippen molar-refractivity contribution >= 4 is 34.4 Å². The lowest BCUT2D eigenvalue weighted by molar-refractivity contribution is 0.803. The summed E-state index contributed by atoms with van der Waals surface area (Å²) in [4.78, 5) is 9.02. The van der Waals surface area contributed by atoms with E-state index in [1.54, 1.807) is 11.8 Å². The van der Waals surface area contributed by atoms with E-state index in [0.717, 1.165) is 38.2 Å². The summed E-state index contributed by atoms with van der Waals surface area (Å²) in [7, 11) is 1.92. The van der Waals surface area contributed by atoms with Crippen LogP contribution in [-0.4, -0.2) is 17.0 Å². The molecule has 0 fully saturated rings. The van der Waals surface area contributed by atoms with Crippen LogP contribution in [-0.2, 0) is 6.54 Å². The SMILES string of the molecule is CNCc1c(Cl)cccc1Sc1nc2ccccc2[nH]1. The van der Waals surface area contributed by atoms with E-state index in [1.807, 2.05) is 43.4 Å². The molecule has 0 amide bonds. The first kappa shape index (κ1) is 13.5. The van der Waals surface area contributed by atoms with Gasteiger partial charge in [-0.25, -0.2) is 4.98 Å². The van der Waals surface area contributed by atoms with Crippen LogP contribution in [0.4, 0.5) is 0 Å². The Morgan fingerprint density at radius 1 is 1.20 bits per heavy atom. The van der Waals surface area contributed by atoms with Crippen molar-refractivity contribution in [2.75, 3.05) is 7.05 Å². The number of halogens is 1. The molecule has 0 aliphatic rings. The molecule has 3 aromatic rings. The van der Waals surface area contributed by atoms with Gasteiger partial charge in [0.05, 0.1) is 11.0 Å². The molecule has 0 radical (unpaired) electrons. The molecule has 20 heavy (non-hydrogen) atoms. The van der Waals surface area contributed by atoms with Crippen LogP contribution in [0.15, 0.2) is 52.5 Å². The lowest BCUT2D eigenvalue weighted by atomic mass is 10.2. The maximum atomic E-state index is 6.27. The third kappa shape index (κ3) is 2.68. The molecule has 3 rings (SSSR count). The van der Waals surface area contributed by atoms with Gasteiger partial charge in [0.2, 0.25) is 0 Å². The molecule has 5 heteroatoms. The number of nitrogens with zero attached hydrogens (tertiary/aromatic N) is 1. The average molecular weight is 304 g/mol. The Kier molecular flexibility index (Phi) is 3.96. The summed E-state index contributed by atoms with van der Waals surface area (Å²) in [5.74, 6) is 0. The Labute approximate surface area is 126 Å². The molecule has 102 valence electrons. The van der Waals surface area contributed by atoms with E-state index in [4.69, 9.17) is 11.6 Å². The van der Waals surface area contributed by atoms with Crippen molar-refractivity contribution in [3.05, 3.63) is 53.1 Å². The lowest BCUT2D eigenvalue weighted by Gasteiger charge is -2.09. The number of rotatable bonds is 4. The number of fused-ring (bicyclic) bond motifs is 1. The van der Waals surface area contributed by atoms with Gasteiger partial charge in [0, 0.05) is 16.5 Å². The summed E-state index contributed by atoms with van der Waals surface area (Å²) in [6.07, 6.45) is 0. The minimum atomic E-state index is 0.738. The van der Waals surface area contributed by atoms with E-state index in [9.17, 15) is 0 Å². The first-order chi connectivity index (χ1) is 9.78. The van der Waals surface area contributed by atoms with E-state index >= 15 is 0 Å². The third-order valence-electron chi connectivity index (χ3n) is 3.00. The van der Waals surface area contributed by atoms with Gasteiger partial charge in [-0.1, -0.05) is 41.6 Å². The molecule has 2 N–H and O–H groups in total. The smallest absolute Gasteiger partial charge is 0.171 e. The van der Waals surface area contributed by atoms with Crippen LogP contribution in [0.1, 0.15) is 5.56 Å². The third-order valence-corrected chi connectivity index (χ3v) is 4.35. The maximum Gasteiger partial charge on any atom is 0.171 e. The van der Waals surface area contributed by atoms with Gasteiger partial charge in [-0.3, -0.25) is 0 Å². The molecule has 1 heterocycles. The minimum Gasteiger partial charge on any atom is -0.333 e. The monoisotopic (exact) mass is 303 g/mol. The quantitative estimate of drug-likeness (QED) is 0.763. The molecule has 3 nitrogen and oxygen atoms in total. The molecular weight excluding hydrogens is 290 g/mol. The van der Waals surface area contributed by atoms with Gasteiger partial charge < -0.3 is 10.3 Å². The normalized spacial score (nSPS) is 11.1. The van der Waals surface area contributed by atoms with Crippen LogP contribution in [0.3, 0.4) is 0 Å². The van der Waals surface area contributed by atoms with E-state index in [-0.39, 0.29) is 0 Å². The second-order valence-corrected chi connectivity index (χ2v) is 5.85. The second-order valence-electron chi connectivity index (χ2n) is 4.41.